The Bertz CT molecular complexity index is 815. The van der Waals surface area contributed by atoms with Crippen LogP contribution < -0.4 is 9.64 Å². The smallest absolute Gasteiger partial charge is 0.315 e. The molecule has 4 heteroatoms. The molecule has 0 bridgehead atoms. The fourth-order valence-electron chi connectivity index (χ4n) is 4.40. The molecule has 136 valence electrons. The maximum absolute atomic E-state index is 12.3. The minimum atomic E-state index is -0.208. The van der Waals surface area contributed by atoms with Gasteiger partial charge >= 0.3 is 5.97 Å². The molecule has 0 saturated carbocycles. The van der Waals surface area contributed by atoms with Crippen molar-refractivity contribution in [3.63, 3.8) is 0 Å². The molecular weight excluding hydrogens is 324 g/mol. The number of hydrogen-bond donors (Lipinski definition) is 0. The fourth-order valence-corrected chi connectivity index (χ4v) is 4.40. The molecule has 2 aliphatic heterocycles. The summed E-state index contributed by atoms with van der Waals surface area (Å²) in [5.74, 6) is 0.948. The van der Waals surface area contributed by atoms with Gasteiger partial charge < -0.3 is 9.64 Å². The number of anilines is 1. The van der Waals surface area contributed by atoms with E-state index in [9.17, 15) is 4.79 Å². The highest BCUT2D eigenvalue weighted by Gasteiger charge is 2.43. The van der Waals surface area contributed by atoms with Crippen molar-refractivity contribution in [2.45, 2.75) is 38.3 Å². The van der Waals surface area contributed by atoms with E-state index in [1.165, 1.54) is 16.8 Å². The van der Waals surface area contributed by atoms with Gasteiger partial charge in [-0.05, 0) is 54.8 Å². The largest absolute Gasteiger partial charge is 0.426 e. The van der Waals surface area contributed by atoms with Gasteiger partial charge in [-0.25, -0.2) is 0 Å². The Balaban J connectivity index is 1.47. The summed E-state index contributed by atoms with van der Waals surface area (Å²) in [5.41, 5.74) is 4.83. The molecule has 0 N–H and O–H groups in total. The first-order valence-corrected chi connectivity index (χ1v) is 9.42. The number of aryl methyl sites for hydroxylation is 1. The van der Waals surface area contributed by atoms with Crippen LogP contribution in [0.25, 0.3) is 0 Å². The maximum atomic E-state index is 12.3. The number of likely N-dealkylation sites (N-methyl/N-ethyl adjacent to an activating group) is 2. The van der Waals surface area contributed by atoms with E-state index in [-0.39, 0.29) is 5.97 Å². The number of rotatable bonds is 4. The summed E-state index contributed by atoms with van der Waals surface area (Å²) in [6.45, 7) is 3.23. The van der Waals surface area contributed by atoms with Crippen molar-refractivity contribution < 1.29 is 9.53 Å². The number of fused-ring (bicyclic) bond motifs is 3. The average Bonchev–Trinajstić information content (AvgIpc) is 3.15. The molecule has 1 saturated heterocycles. The number of nitrogens with zero attached hydrogens (tertiary/aromatic N) is 2. The lowest BCUT2D eigenvalue weighted by Crippen LogP contribution is -2.39. The van der Waals surface area contributed by atoms with Crippen molar-refractivity contribution in [2.24, 2.45) is 0 Å². The van der Waals surface area contributed by atoms with Crippen LogP contribution in [-0.2, 0) is 17.6 Å². The third-order valence-electron chi connectivity index (χ3n) is 5.79. The summed E-state index contributed by atoms with van der Waals surface area (Å²) in [5, 5.41) is 0. The molecule has 2 atom stereocenters. The number of hydrogen-bond acceptors (Lipinski definition) is 4. The van der Waals surface area contributed by atoms with Gasteiger partial charge in [0, 0.05) is 25.2 Å². The Morgan fingerprint density at radius 3 is 2.58 bits per heavy atom. The normalized spacial score (nSPS) is 21.6. The van der Waals surface area contributed by atoms with Crippen LogP contribution in [0.5, 0.6) is 5.75 Å². The van der Waals surface area contributed by atoms with Gasteiger partial charge in [0.05, 0.1) is 12.6 Å². The summed E-state index contributed by atoms with van der Waals surface area (Å²) in [6.07, 6.45) is 2.88. The van der Waals surface area contributed by atoms with Crippen LogP contribution in [0.3, 0.4) is 0 Å². The number of carbonyl (C=O) groups excluding carboxylic acids is 1. The Kier molecular flexibility index (Phi) is 4.45. The molecule has 2 unspecified atom stereocenters. The molecule has 1 fully saturated rings. The highest BCUT2D eigenvalue weighted by atomic mass is 16.5. The second kappa shape index (κ2) is 6.76. The predicted molar refractivity (Wildman–Crippen MR) is 104 cm³/mol. The first-order chi connectivity index (χ1) is 12.6. The maximum Gasteiger partial charge on any atom is 0.315 e. The standard InChI is InChI=1S/C22H26N2O2/c1-4-15-5-7-16(8-6-15)13-21(25)26-17-9-10-20-19(14-17)18-11-12-23(2)22(18)24(20)3/h5-10,14,18,22H,4,11-13H2,1-3H3. The minimum absolute atomic E-state index is 0.208. The summed E-state index contributed by atoms with van der Waals surface area (Å²) >= 11 is 0. The van der Waals surface area contributed by atoms with E-state index in [1.54, 1.807) is 0 Å². The van der Waals surface area contributed by atoms with Crippen molar-refractivity contribution in [1.29, 1.82) is 0 Å². The molecule has 2 heterocycles. The summed E-state index contributed by atoms with van der Waals surface area (Å²) in [4.78, 5) is 17.1. The number of benzene rings is 2. The van der Waals surface area contributed by atoms with E-state index in [0.717, 1.165) is 24.9 Å². The molecule has 0 amide bonds. The molecule has 2 aromatic rings. The highest BCUT2D eigenvalue weighted by Crippen LogP contribution is 2.47. The monoisotopic (exact) mass is 350 g/mol. The highest BCUT2D eigenvalue weighted by molar-refractivity contribution is 5.76. The van der Waals surface area contributed by atoms with Crippen LogP contribution in [-0.4, -0.2) is 37.7 Å². The molecule has 0 spiro atoms. The van der Waals surface area contributed by atoms with Crippen molar-refractivity contribution in [2.75, 3.05) is 25.5 Å². The van der Waals surface area contributed by atoms with Crippen molar-refractivity contribution in [3.8, 4) is 5.75 Å². The Morgan fingerprint density at radius 2 is 1.85 bits per heavy atom. The van der Waals surface area contributed by atoms with Crippen LogP contribution >= 0.6 is 0 Å². The van der Waals surface area contributed by atoms with Gasteiger partial charge in [0.15, 0.2) is 0 Å². The quantitative estimate of drug-likeness (QED) is 0.623. The lowest BCUT2D eigenvalue weighted by Gasteiger charge is -2.28. The molecular formula is C22H26N2O2. The molecule has 0 aromatic heterocycles. The van der Waals surface area contributed by atoms with Crippen LogP contribution in [0.1, 0.15) is 36.0 Å². The number of likely N-dealkylation sites (tertiary alicyclic amines) is 1. The van der Waals surface area contributed by atoms with Gasteiger partial charge in [-0.3, -0.25) is 9.69 Å². The third-order valence-corrected chi connectivity index (χ3v) is 5.79. The number of carbonyl (C=O) groups is 1. The van der Waals surface area contributed by atoms with Crippen LogP contribution in [0.2, 0.25) is 0 Å². The molecule has 0 aliphatic carbocycles. The van der Waals surface area contributed by atoms with E-state index in [1.807, 2.05) is 18.2 Å². The number of esters is 1. The van der Waals surface area contributed by atoms with E-state index < -0.39 is 0 Å². The van der Waals surface area contributed by atoms with E-state index >= 15 is 0 Å². The van der Waals surface area contributed by atoms with E-state index in [2.05, 4.69) is 55.1 Å². The van der Waals surface area contributed by atoms with Crippen molar-refractivity contribution in [1.82, 2.24) is 4.90 Å². The van der Waals surface area contributed by atoms with Crippen LogP contribution in [0.4, 0.5) is 5.69 Å². The summed E-state index contributed by atoms with van der Waals surface area (Å²) in [7, 11) is 4.33. The van der Waals surface area contributed by atoms with Gasteiger partial charge in [0.1, 0.15) is 5.75 Å². The fraction of sp³-hybridized carbons (Fsp3) is 0.409. The van der Waals surface area contributed by atoms with Crippen LogP contribution in [0, 0.1) is 0 Å². The Hall–Kier alpha value is -2.33. The zero-order valence-electron chi connectivity index (χ0n) is 15.7. The first kappa shape index (κ1) is 17.1. The second-order valence-corrected chi connectivity index (χ2v) is 7.44. The topological polar surface area (TPSA) is 32.8 Å². The zero-order chi connectivity index (χ0) is 18.3. The minimum Gasteiger partial charge on any atom is -0.426 e. The molecule has 26 heavy (non-hydrogen) atoms. The SMILES string of the molecule is CCc1ccc(CC(=O)Oc2ccc3c(c2)C2CCN(C)C2N3C)cc1. The second-order valence-electron chi connectivity index (χ2n) is 7.44. The van der Waals surface area contributed by atoms with Gasteiger partial charge in [-0.15, -0.1) is 0 Å². The molecule has 4 nitrogen and oxygen atoms in total. The number of ether oxygens (including phenoxy) is 1. The molecule has 2 aliphatic rings. The summed E-state index contributed by atoms with van der Waals surface area (Å²) < 4.78 is 5.64. The molecule has 2 aromatic carbocycles. The zero-order valence-corrected chi connectivity index (χ0v) is 15.7. The average molecular weight is 350 g/mol. The van der Waals surface area contributed by atoms with E-state index in [0.29, 0.717) is 24.3 Å². The van der Waals surface area contributed by atoms with Crippen molar-refractivity contribution >= 4 is 11.7 Å². The lowest BCUT2D eigenvalue weighted by atomic mass is 9.98. The Labute approximate surface area is 155 Å². The first-order valence-electron chi connectivity index (χ1n) is 9.42. The van der Waals surface area contributed by atoms with Gasteiger partial charge in [0.25, 0.3) is 0 Å². The predicted octanol–water partition coefficient (Wildman–Crippen LogP) is 3.59. The van der Waals surface area contributed by atoms with Crippen LogP contribution in [0.15, 0.2) is 42.5 Å². The van der Waals surface area contributed by atoms with Gasteiger partial charge in [-0.2, -0.15) is 0 Å². The van der Waals surface area contributed by atoms with Crippen molar-refractivity contribution in [3.05, 3.63) is 59.2 Å². The lowest BCUT2D eigenvalue weighted by molar-refractivity contribution is -0.133. The van der Waals surface area contributed by atoms with Gasteiger partial charge in [-0.1, -0.05) is 31.2 Å². The molecule has 0 radical (unpaired) electrons. The molecule has 4 rings (SSSR count). The third kappa shape index (κ3) is 2.99. The van der Waals surface area contributed by atoms with E-state index in [4.69, 9.17) is 4.74 Å². The summed E-state index contributed by atoms with van der Waals surface area (Å²) in [6, 6.07) is 14.2. The van der Waals surface area contributed by atoms with Gasteiger partial charge in [0.2, 0.25) is 0 Å². The Morgan fingerprint density at radius 1 is 1.12 bits per heavy atom.